The van der Waals surface area contributed by atoms with Gasteiger partial charge in [0, 0.05) is 10.9 Å². The molecule has 0 spiro atoms. The lowest BCUT2D eigenvalue weighted by molar-refractivity contribution is 0.193. The van der Waals surface area contributed by atoms with E-state index < -0.39 is 6.10 Å². The highest BCUT2D eigenvalue weighted by molar-refractivity contribution is 5.89. The van der Waals surface area contributed by atoms with Crippen molar-refractivity contribution in [1.29, 1.82) is 0 Å². The molecule has 1 atom stereocenters. The van der Waals surface area contributed by atoms with E-state index in [0.29, 0.717) is 6.61 Å². The van der Waals surface area contributed by atoms with Gasteiger partial charge in [-0.2, -0.15) is 0 Å². The van der Waals surface area contributed by atoms with E-state index in [1.807, 2.05) is 43.3 Å². The molecule has 0 bridgehead atoms. The lowest BCUT2D eigenvalue weighted by Crippen LogP contribution is -2.03. The van der Waals surface area contributed by atoms with Gasteiger partial charge in [-0.3, -0.25) is 0 Å². The van der Waals surface area contributed by atoms with E-state index in [0.717, 1.165) is 27.7 Å². The minimum Gasteiger partial charge on any atom is -0.488 e. The molecule has 0 aromatic heterocycles. The first-order valence-corrected chi connectivity index (χ1v) is 6.06. The average molecular weight is 242 g/mol. The van der Waals surface area contributed by atoms with Gasteiger partial charge >= 0.3 is 0 Å². The molecule has 0 radical (unpaired) electrons. The third-order valence-corrected chi connectivity index (χ3v) is 2.82. The van der Waals surface area contributed by atoms with Crippen molar-refractivity contribution in [3.8, 4) is 5.75 Å². The van der Waals surface area contributed by atoms with Crippen LogP contribution in [0.15, 0.2) is 48.6 Å². The van der Waals surface area contributed by atoms with Gasteiger partial charge in [-0.1, -0.05) is 43.0 Å². The fourth-order valence-corrected chi connectivity index (χ4v) is 1.95. The number of fused-ring (bicyclic) bond motifs is 1. The second-order valence-corrected chi connectivity index (χ2v) is 4.63. The molecule has 2 aromatic rings. The van der Waals surface area contributed by atoms with Gasteiger partial charge < -0.3 is 9.84 Å². The predicted molar refractivity (Wildman–Crippen MR) is 74.9 cm³/mol. The molecule has 2 aromatic carbocycles. The largest absolute Gasteiger partial charge is 0.488 e. The molecular weight excluding hydrogens is 224 g/mol. The van der Waals surface area contributed by atoms with Crippen LogP contribution >= 0.6 is 0 Å². The van der Waals surface area contributed by atoms with Gasteiger partial charge in [0.05, 0.1) is 6.10 Å². The van der Waals surface area contributed by atoms with Gasteiger partial charge in [-0.15, -0.1) is 0 Å². The standard InChI is InChI=1S/C16H18O2/c1-11(2)10-18-16-14(12(3)17)9-8-13-6-4-5-7-15(13)16/h4-9,12,17H,1,10H2,2-3H3/t12-/m0/s1. The van der Waals surface area contributed by atoms with E-state index >= 15 is 0 Å². The van der Waals surface area contributed by atoms with Crippen LogP contribution in [-0.2, 0) is 0 Å². The first-order valence-electron chi connectivity index (χ1n) is 6.06. The summed E-state index contributed by atoms with van der Waals surface area (Å²) in [5, 5.41) is 12.0. The second kappa shape index (κ2) is 5.23. The molecule has 0 aliphatic carbocycles. The molecule has 2 heteroatoms. The third-order valence-electron chi connectivity index (χ3n) is 2.82. The maximum absolute atomic E-state index is 9.83. The smallest absolute Gasteiger partial charge is 0.133 e. The summed E-state index contributed by atoms with van der Waals surface area (Å²) in [6, 6.07) is 11.9. The minimum absolute atomic E-state index is 0.466. The lowest BCUT2D eigenvalue weighted by atomic mass is 10.0. The van der Waals surface area contributed by atoms with E-state index in [2.05, 4.69) is 6.58 Å². The first-order chi connectivity index (χ1) is 8.59. The number of ether oxygens (including phenoxy) is 1. The number of hydrogen-bond acceptors (Lipinski definition) is 2. The highest BCUT2D eigenvalue weighted by Crippen LogP contribution is 2.33. The van der Waals surface area contributed by atoms with Crippen molar-refractivity contribution in [1.82, 2.24) is 0 Å². The Morgan fingerprint density at radius 3 is 2.67 bits per heavy atom. The molecular formula is C16H18O2. The van der Waals surface area contributed by atoms with Crippen LogP contribution in [0.4, 0.5) is 0 Å². The van der Waals surface area contributed by atoms with E-state index in [-0.39, 0.29) is 0 Å². The molecule has 0 amide bonds. The Morgan fingerprint density at radius 1 is 1.28 bits per heavy atom. The van der Waals surface area contributed by atoms with Crippen LogP contribution in [0.25, 0.3) is 10.8 Å². The Labute approximate surface area is 108 Å². The molecule has 0 fully saturated rings. The summed E-state index contributed by atoms with van der Waals surface area (Å²) < 4.78 is 5.81. The molecule has 0 unspecified atom stereocenters. The zero-order chi connectivity index (χ0) is 13.1. The molecule has 0 saturated carbocycles. The van der Waals surface area contributed by atoms with Crippen LogP contribution in [0.2, 0.25) is 0 Å². The zero-order valence-electron chi connectivity index (χ0n) is 10.8. The van der Waals surface area contributed by atoms with E-state index in [9.17, 15) is 5.11 Å². The third kappa shape index (κ3) is 2.54. The van der Waals surface area contributed by atoms with Crippen molar-refractivity contribution in [3.63, 3.8) is 0 Å². The van der Waals surface area contributed by atoms with E-state index in [1.165, 1.54) is 0 Å². The maximum Gasteiger partial charge on any atom is 0.133 e. The van der Waals surface area contributed by atoms with Gasteiger partial charge in [0.2, 0.25) is 0 Å². The summed E-state index contributed by atoms with van der Waals surface area (Å²) >= 11 is 0. The van der Waals surface area contributed by atoms with Gasteiger partial charge in [0.1, 0.15) is 12.4 Å². The van der Waals surface area contributed by atoms with Crippen LogP contribution in [0.5, 0.6) is 5.75 Å². The molecule has 0 heterocycles. The summed E-state index contributed by atoms with van der Waals surface area (Å²) in [6.07, 6.45) is -0.547. The first kappa shape index (κ1) is 12.7. The van der Waals surface area contributed by atoms with Crippen molar-refractivity contribution in [2.45, 2.75) is 20.0 Å². The molecule has 2 rings (SSSR count). The predicted octanol–water partition coefficient (Wildman–Crippen LogP) is 3.85. The number of benzene rings is 2. The van der Waals surface area contributed by atoms with Crippen molar-refractivity contribution >= 4 is 10.8 Å². The summed E-state index contributed by atoms with van der Waals surface area (Å²) in [5.74, 6) is 0.756. The summed E-state index contributed by atoms with van der Waals surface area (Å²) in [7, 11) is 0. The van der Waals surface area contributed by atoms with Gasteiger partial charge in [0.15, 0.2) is 0 Å². The zero-order valence-corrected chi connectivity index (χ0v) is 10.8. The lowest BCUT2D eigenvalue weighted by Gasteiger charge is -2.16. The monoisotopic (exact) mass is 242 g/mol. The molecule has 1 N–H and O–H groups in total. The Hall–Kier alpha value is -1.80. The summed E-state index contributed by atoms with van der Waals surface area (Å²) in [6.45, 7) is 7.97. The Balaban J connectivity index is 2.55. The maximum atomic E-state index is 9.83. The number of aliphatic hydroxyl groups excluding tert-OH is 1. The van der Waals surface area contributed by atoms with Crippen LogP contribution < -0.4 is 4.74 Å². The molecule has 0 aliphatic heterocycles. The highest BCUT2D eigenvalue weighted by Gasteiger charge is 2.12. The second-order valence-electron chi connectivity index (χ2n) is 4.63. The molecule has 0 saturated heterocycles. The molecule has 2 nitrogen and oxygen atoms in total. The van der Waals surface area contributed by atoms with Crippen LogP contribution in [-0.4, -0.2) is 11.7 Å². The Kier molecular flexibility index (Phi) is 3.68. The van der Waals surface area contributed by atoms with Crippen LogP contribution in [0.1, 0.15) is 25.5 Å². The SMILES string of the molecule is C=C(C)COc1c([C@H](C)O)ccc2ccccc12. The van der Waals surface area contributed by atoms with Crippen molar-refractivity contribution in [2.75, 3.05) is 6.61 Å². The number of aliphatic hydroxyl groups is 1. The summed E-state index contributed by atoms with van der Waals surface area (Å²) in [4.78, 5) is 0. The van der Waals surface area contributed by atoms with Gasteiger partial charge in [-0.25, -0.2) is 0 Å². The minimum atomic E-state index is -0.547. The average Bonchev–Trinajstić information content (AvgIpc) is 2.35. The highest BCUT2D eigenvalue weighted by atomic mass is 16.5. The Morgan fingerprint density at radius 2 is 2.00 bits per heavy atom. The van der Waals surface area contributed by atoms with E-state index in [4.69, 9.17) is 4.74 Å². The number of rotatable bonds is 4. The van der Waals surface area contributed by atoms with Crippen molar-refractivity contribution < 1.29 is 9.84 Å². The fraction of sp³-hybridized carbons (Fsp3) is 0.250. The fourth-order valence-electron chi connectivity index (χ4n) is 1.95. The summed E-state index contributed by atoms with van der Waals surface area (Å²) in [5.41, 5.74) is 1.77. The molecule has 94 valence electrons. The van der Waals surface area contributed by atoms with E-state index in [1.54, 1.807) is 6.92 Å². The van der Waals surface area contributed by atoms with Gasteiger partial charge in [-0.05, 0) is 24.8 Å². The van der Waals surface area contributed by atoms with Crippen LogP contribution in [0, 0.1) is 0 Å². The molecule has 0 aliphatic rings. The number of hydrogen-bond donors (Lipinski definition) is 1. The molecule has 18 heavy (non-hydrogen) atoms. The topological polar surface area (TPSA) is 29.5 Å². The quantitative estimate of drug-likeness (QED) is 0.825. The van der Waals surface area contributed by atoms with Crippen molar-refractivity contribution in [2.24, 2.45) is 0 Å². The van der Waals surface area contributed by atoms with Gasteiger partial charge in [0.25, 0.3) is 0 Å². The Bertz CT molecular complexity index is 570. The normalized spacial score (nSPS) is 12.4. The van der Waals surface area contributed by atoms with Crippen molar-refractivity contribution in [3.05, 3.63) is 54.1 Å². The van der Waals surface area contributed by atoms with Crippen LogP contribution in [0.3, 0.4) is 0 Å².